The quantitative estimate of drug-likeness (QED) is 0.151. The summed E-state index contributed by atoms with van der Waals surface area (Å²) >= 11 is 0. The summed E-state index contributed by atoms with van der Waals surface area (Å²) < 4.78 is 30.0. The first kappa shape index (κ1) is 50.4. The summed E-state index contributed by atoms with van der Waals surface area (Å²) in [5.41, 5.74) is 0. The second-order valence-corrected chi connectivity index (χ2v) is 6.63. The van der Waals surface area contributed by atoms with E-state index < -0.39 is 0 Å². The summed E-state index contributed by atoms with van der Waals surface area (Å²) in [5, 5.41) is 0. The van der Waals surface area contributed by atoms with E-state index in [1.807, 2.05) is 0 Å². The smallest absolute Gasteiger partial charge is 0 e. The molecule has 0 atom stereocenters. The van der Waals surface area contributed by atoms with Gasteiger partial charge >= 0.3 is 45.2 Å². The zero-order valence-corrected chi connectivity index (χ0v) is 23.9. The molecule has 2 aliphatic carbocycles. The number of allylic oxidation sites excluding steroid dienone is 2. The van der Waals surface area contributed by atoms with Crippen molar-refractivity contribution in [3.63, 3.8) is 0 Å². The number of hydrogen-bond donors (Lipinski definition) is 0. The van der Waals surface area contributed by atoms with Crippen LogP contribution in [-0.2, 0) is 52.7 Å². The van der Waals surface area contributed by atoms with Gasteiger partial charge in [-0.1, -0.05) is 69.2 Å². The number of hydrogen-bond acceptors (Lipinski definition) is 0. The monoisotopic (exact) mass is 546 g/mol. The molecule has 0 aromatic rings. The fourth-order valence-corrected chi connectivity index (χ4v) is 2.81. The first-order chi connectivity index (χ1) is 15.0. The minimum absolute atomic E-state index is 0. The second-order valence-electron chi connectivity index (χ2n) is 6.63. The van der Waals surface area contributed by atoms with E-state index >= 15 is 0 Å². The van der Waals surface area contributed by atoms with Crippen molar-refractivity contribution in [2.75, 3.05) is 0 Å². The van der Waals surface area contributed by atoms with Gasteiger partial charge in [0.2, 0.25) is 0 Å². The van der Waals surface area contributed by atoms with E-state index in [0.29, 0.717) is 0 Å². The first-order valence-corrected chi connectivity index (χ1v) is 9.32. The Morgan fingerprint density at radius 3 is 0.441 bits per heavy atom. The van der Waals surface area contributed by atoms with E-state index in [0.717, 1.165) is 0 Å². The van der Waals surface area contributed by atoms with E-state index in [1.54, 1.807) is 0 Å². The van der Waals surface area contributed by atoms with Gasteiger partial charge in [0.05, 0.1) is 0 Å². The molecule has 4 nitrogen and oxygen atoms in total. The molecule has 10 radical (unpaired) electrons. The molecule has 188 valence electrons. The predicted octanol–water partition coefficient (Wildman–Crippen LogP) is 6.75. The molecule has 0 aromatic carbocycles. The maximum Gasteiger partial charge on any atom is 0 e. The SMILES string of the molecule is C[C]1[C](C)[C](C)[C](C)[C]1C.C[C]1[C](C)[C](C)[C](C)[C]1C.[C-]#[O+].[C-]#[O+].[C-]#[O+].[C-]#[O+].[CH-]=CC=[CH-].[Fe].[Fe]. The van der Waals surface area contributed by atoms with Crippen LogP contribution in [0.5, 0.6) is 0 Å². The molecule has 0 unspecified atom stereocenters. The van der Waals surface area contributed by atoms with Gasteiger partial charge in [-0.25, -0.2) is 0 Å². The maximum atomic E-state index is 7.50. The molecule has 0 heterocycles. The third-order valence-electron chi connectivity index (χ3n) is 5.74. The minimum atomic E-state index is 0. The first-order valence-electron chi connectivity index (χ1n) is 9.32. The van der Waals surface area contributed by atoms with Crippen LogP contribution < -0.4 is 0 Å². The Balaban J connectivity index is -0.0000000571. The molecule has 0 spiro atoms. The van der Waals surface area contributed by atoms with Gasteiger partial charge in [-0.3, -0.25) is 0 Å². The van der Waals surface area contributed by atoms with Crippen molar-refractivity contribution in [1.29, 1.82) is 0 Å². The summed E-state index contributed by atoms with van der Waals surface area (Å²) in [6.07, 6.45) is 2.56. The molecule has 0 aliphatic heterocycles. The minimum Gasteiger partial charge on any atom is -0.394 e. The van der Waals surface area contributed by atoms with Crippen molar-refractivity contribution in [2.24, 2.45) is 0 Å². The average Bonchev–Trinajstić information content (AvgIpc) is 3.14. The molecule has 0 saturated heterocycles. The summed E-state index contributed by atoms with van der Waals surface area (Å²) in [5.74, 6) is 14.7. The van der Waals surface area contributed by atoms with Gasteiger partial charge in [-0.15, -0.1) is 0 Å². The van der Waals surface area contributed by atoms with Crippen LogP contribution in [0.4, 0.5) is 0 Å². The van der Waals surface area contributed by atoms with Crippen LogP contribution in [-0.4, -0.2) is 0 Å². The third kappa shape index (κ3) is 17.8. The number of rotatable bonds is 1. The van der Waals surface area contributed by atoms with Crippen LogP contribution in [0.3, 0.4) is 0 Å². The summed E-state index contributed by atoms with van der Waals surface area (Å²) in [7, 11) is 0. The molecule has 2 saturated carbocycles. The molecule has 0 N–H and O–H groups in total. The third-order valence-corrected chi connectivity index (χ3v) is 5.74. The van der Waals surface area contributed by atoms with Crippen LogP contribution in [0.15, 0.2) is 12.2 Å². The van der Waals surface area contributed by atoms with Crippen LogP contribution >= 0.6 is 0 Å². The molecule has 2 fully saturated rings. The van der Waals surface area contributed by atoms with Crippen LogP contribution in [0, 0.1) is 98.9 Å². The van der Waals surface area contributed by atoms with Crippen LogP contribution in [0.1, 0.15) is 69.2 Å². The van der Waals surface area contributed by atoms with Gasteiger partial charge in [0.25, 0.3) is 0 Å². The van der Waals surface area contributed by atoms with Gasteiger partial charge in [-0.05, 0) is 59.2 Å². The molecular formula is C28H34Fe2O4-2. The standard InChI is InChI=1S/2C10H15.C4H4.4CO.2Fe/c2*1-6-7(2)9(4)10(5)8(6)3;1-3-4-2;4*1-2;;/h2*1-5H3;1-4H;;;;;;/q;;-2;;;;;;. The summed E-state index contributed by atoms with van der Waals surface area (Å²) in [4.78, 5) is 0. The molecule has 34 heavy (non-hydrogen) atoms. The fraction of sp³-hybridized carbons (Fsp3) is 0.357. The largest absolute Gasteiger partial charge is 0.394 e. The van der Waals surface area contributed by atoms with E-state index in [-0.39, 0.29) is 34.1 Å². The molecule has 0 amide bonds. The van der Waals surface area contributed by atoms with Crippen molar-refractivity contribution in [3.8, 4) is 0 Å². The molecule has 2 rings (SSSR count). The normalized spacial score (nSPS) is 17.6. The van der Waals surface area contributed by atoms with Gasteiger partial charge in [0.15, 0.2) is 0 Å². The van der Waals surface area contributed by atoms with Gasteiger partial charge < -0.3 is 25.3 Å². The summed E-state index contributed by atoms with van der Waals surface area (Å²) in [6, 6.07) is 0. The summed E-state index contributed by atoms with van der Waals surface area (Å²) in [6.45, 7) is 49.4. The van der Waals surface area contributed by atoms with E-state index in [1.165, 1.54) is 71.3 Å². The van der Waals surface area contributed by atoms with Gasteiger partial charge in [0, 0.05) is 34.1 Å². The van der Waals surface area contributed by atoms with E-state index in [9.17, 15) is 0 Å². The van der Waals surface area contributed by atoms with Crippen LogP contribution in [0.2, 0.25) is 0 Å². The van der Waals surface area contributed by atoms with Crippen molar-refractivity contribution >= 4 is 0 Å². The molecule has 0 aromatic heterocycles. The Labute approximate surface area is 232 Å². The van der Waals surface area contributed by atoms with E-state index in [2.05, 4.69) is 95.8 Å². The van der Waals surface area contributed by atoms with E-state index in [4.69, 9.17) is 31.8 Å². The van der Waals surface area contributed by atoms with Gasteiger partial charge in [0.1, 0.15) is 0 Å². The Morgan fingerprint density at radius 1 is 0.353 bits per heavy atom. The fourth-order valence-electron chi connectivity index (χ4n) is 2.81. The van der Waals surface area contributed by atoms with Gasteiger partial charge in [-0.2, -0.15) is 0 Å². The Morgan fingerprint density at radius 2 is 0.412 bits per heavy atom. The average molecular weight is 546 g/mol. The zero-order valence-electron chi connectivity index (χ0n) is 21.6. The molecule has 0 bridgehead atoms. The Hall–Kier alpha value is -0.521. The predicted molar refractivity (Wildman–Crippen MR) is 123 cm³/mol. The van der Waals surface area contributed by atoms with Crippen LogP contribution in [0.25, 0.3) is 0 Å². The second kappa shape index (κ2) is 32.5. The molecular weight excluding hydrogens is 512 g/mol. The van der Waals surface area contributed by atoms with Crippen molar-refractivity contribution in [1.82, 2.24) is 0 Å². The zero-order chi connectivity index (χ0) is 27.2. The van der Waals surface area contributed by atoms with Crippen molar-refractivity contribution in [2.45, 2.75) is 69.2 Å². The van der Waals surface area contributed by atoms with Crippen molar-refractivity contribution < 1.29 is 52.7 Å². The molecule has 6 heteroatoms. The van der Waals surface area contributed by atoms with Crippen molar-refractivity contribution in [3.05, 3.63) is 111 Å². The Bertz CT molecular complexity index is 392. The molecule has 2 aliphatic rings. The Kier molecular flexibility index (Phi) is 48.1. The topological polar surface area (TPSA) is 79.6 Å². The maximum absolute atomic E-state index is 7.50.